The highest BCUT2D eigenvalue weighted by Crippen LogP contribution is 2.26. The molecule has 1 atom stereocenters. The number of benzene rings is 1. The average molecular weight is 378 g/mol. The molecule has 1 aromatic carbocycles. The van der Waals surface area contributed by atoms with Gasteiger partial charge >= 0.3 is 12.1 Å². The fraction of sp³-hybridized carbons (Fsp3) is 0.550. The molecule has 1 rings (SSSR count). The first-order valence-corrected chi connectivity index (χ1v) is 9.13. The van der Waals surface area contributed by atoms with Crippen LogP contribution in [0.1, 0.15) is 58.9 Å². The predicted octanol–water partition coefficient (Wildman–Crippen LogP) is 3.60. The molecule has 1 aromatic rings. The lowest BCUT2D eigenvalue weighted by atomic mass is 9.97. The molecule has 0 aromatic heterocycles. The lowest BCUT2D eigenvalue weighted by molar-refractivity contribution is -0.147. The molecule has 27 heavy (non-hydrogen) atoms. The standard InChI is InChI=1S/C20H30N2O5/c1-6-14(2)15-9-7-8-10-16(15)22-17(23)13-26-18(24)11-12-21-19(25)27-20(3,4)5/h7-10,14H,6,11-13H2,1-5H3,(H,21,25)(H,22,23)/t14-/m1/s1. The second-order valence-corrected chi connectivity index (χ2v) is 7.28. The minimum absolute atomic E-state index is 0.0457. The van der Waals surface area contributed by atoms with E-state index in [-0.39, 0.29) is 19.6 Å². The van der Waals surface area contributed by atoms with Gasteiger partial charge in [-0.05, 0) is 44.7 Å². The van der Waals surface area contributed by atoms with Crippen molar-refractivity contribution in [1.29, 1.82) is 0 Å². The van der Waals surface area contributed by atoms with Gasteiger partial charge < -0.3 is 20.1 Å². The molecule has 0 spiro atoms. The highest BCUT2D eigenvalue weighted by molar-refractivity contribution is 5.93. The van der Waals surface area contributed by atoms with E-state index < -0.39 is 23.6 Å². The van der Waals surface area contributed by atoms with Crippen LogP contribution in [0.25, 0.3) is 0 Å². The number of ether oxygens (including phenoxy) is 2. The number of rotatable bonds is 8. The Morgan fingerprint density at radius 1 is 1.15 bits per heavy atom. The van der Waals surface area contributed by atoms with Gasteiger partial charge in [-0.2, -0.15) is 0 Å². The van der Waals surface area contributed by atoms with E-state index in [1.165, 1.54) is 0 Å². The highest BCUT2D eigenvalue weighted by atomic mass is 16.6. The second-order valence-electron chi connectivity index (χ2n) is 7.28. The van der Waals surface area contributed by atoms with Gasteiger partial charge in [-0.3, -0.25) is 9.59 Å². The Labute approximate surface area is 160 Å². The zero-order chi connectivity index (χ0) is 20.4. The Bertz CT molecular complexity index is 652. The van der Waals surface area contributed by atoms with Crippen LogP contribution in [0, 0.1) is 0 Å². The van der Waals surface area contributed by atoms with E-state index >= 15 is 0 Å². The van der Waals surface area contributed by atoms with Gasteiger partial charge in [0.1, 0.15) is 5.60 Å². The van der Waals surface area contributed by atoms with Crippen molar-refractivity contribution in [2.75, 3.05) is 18.5 Å². The largest absolute Gasteiger partial charge is 0.456 e. The molecule has 0 aliphatic heterocycles. The third kappa shape index (κ3) is 9.08. The number of anilines is 1. The predicted molar refractivity (Wildman–Crippen MR) is 104 cm³/mol. The van der Waals surface area contributed by atoms with E-state index in [0.29, 0.717) is 5.92 Å². The maximum Gasteiger partial charge on any atom is 0.407 e. The van der Waals surface area contributed by atoms with Gasteiger partial charge in [-0.25, -0.2) is 4.79 Å². The number of alkyl carbamates (subject to hydrolysis) is 1. The van der Waals surface area contributed by atoms with Gasteiger partial charge in [0, 0.05) is 12.2 Å². The molecule has 0 heterocycles. The number of esters is 1. The molecule has 0 unspecified atom stereocenters. The Balaban J connectivity index is 2.36. The van der Waals surface area contributed by atoms with Crippen molar-refractivity contribution >= 4 is 23.7 Å². The quantitative estimate of drug-likeness (QED) is 0.674. The number of nitrogens with one attached hydrogen (secondary N) is 2. The molecule has 0 saturated carbocycles. The maximum absolute atomic E-state index is 12.0. The minimum atomic E-state index is -0.603. The van der Waals surface area contributed by atoms with Crippen LogP contribution >= 0.6 is 0 Å². The summed E-state index contributed by atoms with van der Waals surface area (Å²) in [6.07, 6.45) is 0.303. The van der Waals surface area contributed by atoms with E-state index in [2.05, 4.69) is 24.5 Å². The number of amides is 2. The average Bonchev–Trinajstić information content (AvgIpc) is 2.58. The van der Waals surface area contributed by atoms with Gasteiger partial charge in [-0.15, -0.1) is 0 Å². The monoisotopic (exact) mass is 378 g/mol. The van der Waals surface area contributed by atoms with E-state index in [4.69, 9.17) is 9.47 Å². The SMILES string of the molecule is CC[C@@H](C)c1ccccc1NC(=O)COC(=O)CCNC(=O)OC(C)(C)C. The molecular weight excluding hydrogens is 348 g/mol. The van der Waals surface area contributed by atoms with E-state index in [1.807, 2.05) is 24.3 Å². The van der Waals surface area contributed by atoms with Crippen LogP contribution < -0.4 is 10.6 Å². The van der Waals surface area contributed by atoms with Crippen LogP contribution in [0.4, 0.5) is 10.5 Å². The molecule has 7 heteroatoms. The molecule has 0 saturated heterocycles. The van der Waals surface area contributed by atoms with Crippen LogP contribution in [0.3, 0.4) is 0 Å². The lowest BCUT2D eigenvalue weighted by Crippen LogP contribution is -2.34. The van der Waals surface area contributed by atoms with Gasteiger partial charge in [-0.1, -0.05) is 32.0 Å². The Hall–Kier alpha value is -2.57. The first kappa shape index (κ1) is 22.5. The molecular formula is C20H30N2O5. The van der Waals surface area contributed by atoms with Crippen molar-refractivity contribution in [2.24, 2.45) is 0 Å². The fourth-order valence-electron chi connectivity index (χ4n) is 2.25. The fourth-order valence-corrected chi connectivity index (χ4v) is 2.25. The molecule has 2 N–H and O–H groups in total. The van der Waals surface area contributed by atoms with Crippen molar-refractivity contribution in [1.82, 2.24) is 5.32 Å². The van der Waals surface area contributed by atoms with Crippen LogP contribution in [0.2, 0.25) is 0 Å². The van der Waals surface area contributed by atoms with Gasteiger partial charge in [0.25, 0.3) is 5.91 Å². The summed E-state index contributed by atoms with van der Waals surface area (Å²) in [4.78, 5) is 35.2. The van der Waals surface area contributed by atoms with Crippen LogP contribution in [0.15, 0.2) is 24.3 Å². The summed E-state index contributed by atoms with van der Waals surface area (Å²) in [6, 6.07) is 7.56. The second kappa shape index (κ2) is 10.5. The summed E-state index contributed by atoms with van der Waals surface area (Å²) in [5, 5.41) is 5.24. The Kier molecular flexibility index (Phi) is 8.78. The van der Waals surface area contributed by atoms with E-state index in [0.717, 1.165) is 17.7 Å². The number of hydrogen-bond donors (Lipinski definition) is 2. The zero-order valence-electron chi connectivity index (χ0n) is 16.8. The summed E-state index contributed by atoms with van der Waals surface area (Å²) in [7, 11) is 0. The summed E-state index contributed by atoms with van der Waals surface area (Å²) >= 11 is 0. The van der Waals surface area contributed by atoms with Gasteiger partial charge in [0.05, 0.1) is 6.42 Å². The summed E-state index contributed by atoms with van der Waals surface area (Å²) in [5.41, 5.74) is 1.16. The number of para-hydroxylation sites is 1. The smallest absolute Gasteiger partial charge is 0.407 e. The van der Waals surface area contributed by atoms with Crippen molar-refractivity contribution < 1.29 is 23.9 Å². The maximum atomic E-state index is 12.0. The molecule has 0 aliphatic carbocycles. The van der Waals surface area contributed by atoms with Crippen LogP contribution in [0.5, 0.6) is 0 Å². The van der Waals surface area contributed by atoms with Crippen molar-refractivity contribution in [3.8, 4) is 0 Å². The number of hydrogen-bond acceptors (Lipinski definition) is 5. The summed E-state index contributed by atoms with van der Waals surface area (Å²) < 4.78 is 10.00. The topological polar surface area (TPSA) is 93.7 Å². The number of carbonyl (C=O) groups is 3. The highest BCUT2D eigenvalue weighted by Gasteiger charge is 2.16. The molecule has 150 valence electrons. The number of carbonyl (C=O) groups excluding carboxylic acids is 3. The van der Waals surface area contributed by atoms with E-state index in [9.17, 15) is 14.4 Å². The Morgan fingerprint density at radius 3 is 2.44 bits per heavy atom. The van der Waals surface area contributed by atoms with Crippen molar-refractivity contribution in [3.63, 3.8) is 0 Å². The van der Waals surface area contributed by atoms with Crippen molar-refractivity contribution in [3.05, 3.63) is 29.8 Å². The molecule has 0 aliphatic rings. The van der Waals surface area contributed by atoms with Crippen molar-refractivity contribution in [2.45, 2.75) is 59.0 Å². The molecule has 7 nitrogen and oxygen atoms in total. The zero-order valence-corrected chi connectivity index (χ0v) is 16.8. The lowest BCUT2D eigenvalue weighted by Gasteiger charge is -2.19. The summed E-state index contributed by atoms with van der Waals surface area (Å²) in [6.45, 7) is 9.11. The molecule has 2 amide bonds. The van der Waals surface area contributed by atoms with Crippen LogP contribution in [-0.4, -0.2) is 36.7 Å². The third-order valence-corrected chi connectivity index (χ3v) is 3.74. The Morgan fingerprint density at radius 2 is 1.81 bits per heavy atom. The minimum Gasteiger partial charge on any atom is -0.456 e. The van der Waals surface area contributed by atoms with E-state index in [1.54, 1.807) is 20.8 Å². The first-order valence-electron chi connectivity index (χ1n) is 9.13. The molecule has 0 bridgehead atoms. The van der Waals surface area contributed by atoms with Gasteiger partial charge in [0.2, 0.25) is 0 Å². The first-order chi connectivity index (χ1) is 12.6. The third-order valence-electron chi connectivity index (χ3n) is 3.74. The normalized spacial score (nSPS) is 12.0. The molecule has 0 radical (unpaired) electrons. The van der Waals surface area contributed by atoms with Gasteiger partial charge in [0.15, 0.2) is 6.61 Å². The molecule has 0 fully saturated rings. The van der Waals surface area contributed by atoms with Crippen LogP contribution in [-0.2, 0) is 19.1 Å². The summed E-state index contributed by atoms with van der Waals surface area (Å²) in [5.74, 6) is -0.668.